The molecule has 0 atom stereocenters. The van der Waals surface area contributed by atoms with Crippen LogP contribution in [0.4, 0.5) is 0 Å². The number of hydrogen-bond donors (Lipinski definition) is 2. The molecule has 0 radical (unpaired) electrons. The van der Waals surface area contributed by atoms with Crippen LogP contribution in [0, 0.1) is 5.41 Å². The van der Waals surface area contributed by atoms with Crippen molar-refractivity contribution in [2.24, 2.45) is 5.41 Å². The molecule has 0 unspecified atom stereocenters. The van der Waals surface area contributed by atoms with Crippen LogP contribution in [0.25, 0.3) is 0 Å². The molecule has 0 saturated heterocycles. The zero-order chi connectivity index (χ0) is 11.4. The van der Waals surface area contributed by atoms with Crippen LogP contribution in [0.5, 0.6) is 0 Å². The number of nitrogens with zero attached hydrogens (tertiary/aromatic N) is 1. The second-order valence-corrected chi connectivity index (χ2v) is 4.34. The fourth-order valence-electron chi connectivity index (χ4n) is 1.93. The van der Waals surface area contributed by atoms with Crippen molar-refractivity contribution in [1.29, 1.82) is 0 Å². The summed E-state index contributed by atoms with van der Waals surface area (Å²) < 4.78 is 0. The van der Waals surface area contributed by atoms with E-state index >= 15 is 0 Å². The third-order valence-electron chi connectivity index (χ3n) is 3.27. The van der Waals surface area contributed by atoms with Crippen LogP contribution in [0.2, 0.25) is 0 Å². The fraction of sp³-hybridized carbons (Fsp3) is 0.500. The van der Waals surface area contributed by atoms with Gasteiger partial charge in [-0.15, -0.1) is 0 Å². The molecule has 16 heavy (non-hydrogen) atoms. The number of pyridine rings is 1. The first-order valence-corrected chi connectivity index (χ1v) is 5.55. The van der Waals surface area contributed by atoms with Crippen molar-refractivity contribution in [1.82, 2.24) is 10.3 Å². The van der Waals surface area contributed by atoms with Crippen LogP contribution in [-0.2, 0) is 11.3 Å². The van der Waals surface area contributed by atoms with Gasteiger partial charge in [0.1, 0.15) is 0 Å². The smallest absolute Gasteiger partial charge is 0.228 e. The van der Waals surface area contributed by atoms with E-state index in [0.29, 0.717) is 6.54 Å². The summed E-state index contributed by atoms with van der Waals surface area (Å²) in [7, 11) is 0. The summed E-state index contributed by atoms with van der Waals surface area (Å²) >= 11 is 0. The third kappa shape index (κ3) is 2.07. The Kier molecular flexibility index (Phi) is 3.19. The molecule has 4 heteroatoms. The average Bonchev–Trinajstić information content (AvgIpc) is 2.27. The van der Waals surface area contributed by atoms with Crippen LogP contribution in [0.3, 0.4) is 0 Å². The number of amides is 1. The fourth-order valence-corrected chi connectivity index (χ4v) is 1.93. The summed E-state index contributed by atoms with van der Waals surface area (Å²) in [6.07, 6.45) is 6.05. The van der Waals surface area contributed by atoms with E-state index in [9.17, 15) is 9.90 Å². The Hall–Kier alpha value is -1.42. The molecular weight excluding hydrogens is 204 g/mol. The van der Waals surface area contributed by atoms with Gasteiger partial charge in [-0.25, -0.2) is 0 Å². The zero-order valence-electron chi connectivity index (χ0n) is 9.15. The molecule has 0 aliphatic heterocycles. The normalized spacial score (nSPS) is 17.6. The highest BCUT2D eigenvalue weighted by Gasteiger charge is 2.43. The van der Waals surface area contributed by atoms with Gasteiger partial charge in [0, 0.05) is 18.9 Å². The van der Waals surface area contributed by atoms with Crippen molar-refractivity contribution in [2.45, 2.75) is 25.8 Å². The van der Waals surface area contributed by atoms with Crippen molar-refractivity contribution in [3.8, 4) is 0 Å². The minimum atomic E-state index is -0.512. The zero-order valence-corrected chi connectivity index (χ0v) is 9.15. The van der Waals surface area contributed by atoms with Crippen molar-refractivity contribution < 1.29 is 9.90 Å². The van der Waals surface area contributed by atoms with Crippen LogP contribution in [-0.4, -0.2) is 22.6 Å². The summed E-state index contributed by atoms with van der Waals surface area (Å²) in [6, 6.07) is 3.76. The summed E-state index contributed by atoms with van der Waals surface area (Å²) in [5, 5.41) is 12.1. The molecule has 4 nitrogen and oxygen atoms in total. The Morgan fingerprint density at radius 3 is 2.88 bits per heavy atom. The van der Waals surface area contributed by atoms with Crippen molar-refractivity contribution in [2.75, 3.05) is 6.61 Å². The lowest BCUT2D eigenvalue weighted by molar-refractivity contribution is -0.139. The quantitative estimate of drug-likeness (QED) is 0.791. The molecule has 1 aliphatic rings. The maximum Gasteiger partial charge on any atom is 0.228 e. The van der Waals surface area contributed by atoms with E-state index in [0.717, 1.165) is 24.8 Å². The molecule has 86 valence electrons. The van der Waals surface area contributed by atoms with Gasteiger partial charge in [-0.05, 0) is 24.5 Å². The molecule has 1 aliphatic carbocycles. The van der Waals surface area contributed by atoms with E-state index in [2.05, 4.69) is 10.3 Å². The SMILES string of the molecule is O=C(NCc1cccnc1)C1(CO)CCC1. The molecule has 0 spiro atoms. The van der Waals surface area contributed by atoms with E-state index < -0.39 is 5.41 Å². The lowest BCUT2D eigenvalue weighted by Gasteiger charge is -2.38. The van der Waals surface area contributed by atoms with Crippen LogP contribution < -0.4 is 5.32 Å². The van der Waals surface area contributed by atoms with E-state index in [-0.39, 0.29) is 12.5 Å². The van der Waals surface area contributed by atoms with Crippen LogP contribution in [0.1, 0.15) is 24.8 Å². The van der Waals surface area contributed by atoms with Gasteiger partial charge in [0.05, 0.1) is 12.0 Å². The monoisotopic (exact) mass is 220 g/mol. The Bertz CT molecular complexity index is 355. The van der Waals surface area contributed by atoms with E-state index in [1.54, 1.807) is 12.4 Å². The average molecular weight is 220 g/mol. The summed E-state index contributed by atoms with van der Waals surface area (Å²) in [6.45, 7) is 0.431. The highest BCUT2D eigenvalue weighted by molar-refractivity contribution is 5.83. The number of hydrogen-bond acceptors (Lipinski definition) is 3. The largest absolute Gasteiger partial charge is 0.395 e. The Balaban J connectivity index is 1.89. The van der Waals surface area contributed by atoms with E-state index in [1.165, 1.54) is 0 Å². The third-order valence-corrected chi connectivity index (χ3v) is 3.27. The molecule has 2 rings (SSSR count). The van der Waals surface area contributed by atoms with Crippen molar-refractivity contribution >= 4 is 5.91 Å². The predicted molar refractivity (Wildman–Crippen MR) is 59.5 cm³/mol. The minimum absolute atomic E-state index is 0.0369. The second-order valence-electron chi connectivity index (χ2n) is 4.34. The number of aromatic nitrogens is 1. The van der Waals surface area contributed by atoms with Gasteiger partial charge in [0.15, 0.2) is 0 Å². The molecule has 2 N–H and O–H groups in total. The molecular formula is C12H16N2O2. The number of aliphatic hydroxyl groups is 1. The van der Waals surface area contributed by atoms with Crippen LogP contribution in [0.15, 0.2) is 24.5 Å². The molecule has 1 aromatic rings. The van der Waals surface area contributed by atoms with Crippen molar-refractivity contribution in [3.05, 3.63) is 30.1 Å². The number of rotatable bonds is 4. The van der Waals surface area contributed by atoms with Gasteiger partial charge in [-0.3, -0.25) is 9.78 Å². The highest BCUT2D eigenvalue weighted by Crippen LogP contribution is 2.40. The first-order valence-electron chi connectivity index (χ1n) is 5.55. The van der Waals surface area contributed by atoms with Crippen LogP contribution >= 0.6 is 0 Å². The maximum atomic E-state index is 11.9. The number of nitrogens with one attached hydrogen (secondary N) is 1. The molecule has 1 amide bonds. The first kappa shape index (κ1) is 11.1. The maximum absolute atomic E-state index is 11.9. The summed E-state index contributed by atoms with van der Waals surface area (Å²) in [4.78, 5) is 15.8. The van der Waals surface area contributed by atoms with E-state index in [1.807, 2.05) is 12.1 Å². The van der Waals surface area contributed by atoms with Gasteiger partial charge in [0.25, 0.3) is 0 Å². The first-order chi connectivity index (χ1) is 7.77. The number of carbonyl (C=O) groups is 1. The topological polar surface area (TPSA) is 62.2 Å². The lowest BCUT2D eigenvalue weighted by atomic mass is 9.68. The van der Waals surface area contributed by atoms with Gasteiger partial charge in [0.2, 0.25) is 5.91 Å². The molecule has 1 aromatic heterocycles. The Morgan fingerprint density at radius 2 is 2.38 bits per heavy atom. The standard InChI is InChI=1S/C12H16N2O2/c15-9-12(4-2-5-12)11(16)14-8-10-3-1-6-13-7-10/h1,3,6-7,15H,2,4-5,8-9H2,(H,14,16). The number of aliphatic hydroxyl groups excluding tert-OH is 1. The van der Waals surface area contributed by atoms with E-state index in [4.69, 9.17) is 0 Å². The van der Waals surface area contributed by atoms with Gasteiger partial charge in [-0.1, -0.05) is 12.5 Å². The Labute approximate surface area is 94.7 Å². The predicted octanol–water partition coefficient (Wildman–Crippen LogP) is 0.860. The van der Waals surface area contributed by atoms with Gasteiger partial charge >= 0.3 is 0 Å². The Morgan fingerprint density at radius 1 is 1.56 bits per heavy atom. The molecule has 1 fully saturated rings. The van der Waals surface area contributed by atoms with Crippen molar-refractivity contribution in [3.63, 3.8) is 0 Å². The summed E-state index contributed by atoms with van der Waals surface area (Å²) in [5.41, 5.74) is 0.464. The molecule has 0 aromatic carbocycles. The van der Waals surface area contributed by atoms with Gasteiger partial charge < -0.3 is 10.4 Å². The minimum Gasteiger partial charge on any atom is -0.395 e. The number of carbonyl (C=O) groups excluding carboxylic acids is 1. The molecule has 1 saturated carbocycles. The molecule has 0 bridgehead atoms. The lowest BCUT2D eigenvalue weighted by Crippen LogP contribution is -2.47. The summed E-state index contributed by atoms with van der Waals surface area (Å²) in [5.74, 6) is -0.0369. The highest BCUT2D eigenvalue weighted by atomic mass is 16.3. The second kappa shape index (κ2) is 4.61. The molecule has 1 heterocycles. The van der Waals surface area contributed by atoms with Gasteiger partial charge in [-0.2, -0.15) is 0 Å².